The lowest BCUT2D eigenvalue weighted by atomic mass is 9.96. The molecule has 0 radical (unpaired) electrons. The molecule has 0 atom stereocenters. The first-order chi connectivity index (χ1) is 6.73. The molecule has 15 heavy (non-hydrogen) atoms. The van der Waals surface area contributed by atoms with Crippen LogP contribution in [0.25, 0.3) is 0 Å². The Labute approximate surface area is 91.1 Å². The van der Waals surface area contributed by atoms with Crippen LogP contribution < -0.4 is 10.6 Å². The van der Waals surface area contributed by atoms with E-state index in [1.165, 1.54) is 0 Å². The molecule has 86 valence electrons. The van der Waals surface area contributed by atoms with E-state index in [0.29, 0.717) is 6.54 Å². The Bertz CT molecular complexity index is 264. The molecule has 0 aromatic rings. The summed E-state index contributed by atoms with van der Waals surface area (Å²) in [6.45, 7) is 11.4. The van der Waals surface area contributed by atoms with Gasteiger partial charge in [-0.3, -0.25) is 9.59 Å². The van der Waals surface area contributed by atoms with E-state index in [0.717, 1.165) is 5.57 Å². The maximum Gasteiger partial charge on any atom is 0.239 e. The van der Waals surface area contributed by atoms with Crippen molar-refractivity contribution in [3.05, 3.63) is 12.2 Å². The van der Waals surface area contributed by atoms with Crippen molar-refractivity contribution >= 4 is 11.8 Å². The standard InChI is InChI=1S/C11H20N2O2/c1-8(2)6-12-9(14)7-13-10(15)11(3,4)5/h1,6-7H2,2-5H3,(H,12,14)(H,13,15). The third-order valence-electron chi connectivity index (χ3n) is 1.68. The van der Waals surface area contributed by atoms with Crippen LogP contribution in [0.3, 0.4) is 0 Å². The van der Waals surface area contributed by atoms with Gasteiger partial charge >= 0.3 is 0 Å². The Balaban J connectivity index is 3.82. The van der Waals surface area contributed by atoms with Gasteiger partial charge in [0.2, 0.25) is 11.8 Å². The molecular weight excluding hydrogens is 192 g/mol. The summed E-state index contributed by atoms with van der Waals surface area (Å²) in [7, 11) is 0. The fraction of sp³-hybridized carbons (Fsp3) is 0.636. The summed E-state index contributed by atoms with van der Waals surface area (Å²) in [6, 6.07) is 0. The van der Waals surface area contributed by atoms with E-state index < -0.39 is 5.41 Å². The molecule has 0 aromatic carbocycles. The summed E-state index contributed by atoms with van der Waals surface area (Å²) in [5.41, 5.74) is 0.416. The Morgan fingerprint density at radius 1 is 1.13 bits per heavy atom. The van der Waals surface area contributed by atoms with Gasteiger partial charge in [-0.2, -0.15) is 0 Å². The molecule has 0 aliphatic rings. The number of nitrogens with one attached hydrogen (secondary N) is 2. The van der Waals surface area contributed by atoms with Crippen LogP contribution in [0.15, 0.2) is 12.2 Å². The largest absolute Gasteiger partial charge is 0.351 e. The Hall–Kier alpha value is -1.32. The number of amides is 2. The molecule has 0 saturated heterocycles. The van der Waals surface area contributed by atoms with Crippen molar-refractivity contribution in [2.45, 2.75) is 27.7 Å². The summed E-state index contributed by atoms with van der Waals surface area (Å²) in [6.07, 6.45) is 0. The minimum Gasteiger partial charge on any atom is -0.351 e. The van der Waals surface area contributed by atoms with Crippen LogP contribution in [-0.2, 0) is 9.59 Å². The van der Waals surface area contributed by atoms with Crippen molar-refractivity contribution < 1.29 is 9.59 Å². The minimum absolute atomic E-state index is 0.0172. The highest BCUT2D eigenvalue weighted by Crippen LogP contribution is 2.11. The highest BCUT2D eigenvalue weighted by atomic mass is 16.2. The first-order valence-corrected chi connectivity index (χ1v) is 4.93. The molecule has 4 nitrogen and oxygen atoms in total. The van der Waals surface area contributed by atoms with Crippen molar-refractivity contribution in [2.24, 2.45) is 5.41 Å². The van der Waals surface area contributed by atoms with Gasteiger partial charge in [0, 0.05) is 12.0 Å². The van der Waals surface area contributed by atoms with Crippen LogP contribution in [0.4, 0.5) is 0 Å². The minimum atomic E-state index is -0.464. The average Bonchev–Trinajstić information content (AvgIpc) is 2.09. The zero-order valence-electron chi connectivity index (χ0n) is 9.94. The third kappa shape index (κ3) is 6.71. The molecular formula is C11H20N2O2. The highest BCUT2D eigenvalue weighted by molar-refractivity contribution is 5.87. The van der Waals surface area contributed by atoms with Gasteiger partial charge in [-0.1, -0.05) is 32.9 Å². The second-order valence-corrected chi connectivity index (χ2v) is 4.67. The molecule has 0 aliphatic carbocycles. The summed E-state index contributed by atoms with van der Waals surface area (Å²) in [5, 5.41) is 5.20. The summed E-state index contributed by atoms with van der Waals surface area (Å²) in [5.74, 6) is -0.330. The van der Waals surface area contributed by atoms with Crippen molar-refractivity contribution in [1.82, 2.24) is 10.6 Å². The molecule has 4 heteroatoms. The predicted molar refractivity (Wildman–Crippen MR) is 60.3 cm³/mol. The molecule has 2 amide bonds. The van der Waals surface area contributed by atoms with Crippen LogP contribution >= 0.6 is 0 Å². The lowest BCUT2D eigenvalue weighted by molar-refractivity contribution is -0.131. The van der Waals surface area contributed by atoms with Gasteiger partial charge in [-0.25, -0.2) is 0 Å². The second-order valence-electron chi connectivity index (χ2n) is 4.67. The normalized spacial score (nSPS) is 10.7. The molecule has 2 N–H and O–H groups in total. The van der Waals surface area contributed by atoms with Crippen molar-refractivity contribution in [3.63, 3.8) is 0 Å². The number of rotatable bonds is 4. The van der Waals surface area contributed by atoms with Gasteiger partial charge < -0.3 is 10.6 Å². The monoisotopic (exact) mass is 212 g/mol. The van der Waals surface area contributed by atoms with E-state index in [2.05, 4.69) is 17.2 Å². The van der Waals surface area contributed by atoms with E-state index >= 15 is 0 Å². The maximum atomic E-state index is 11.4. The molecule has 0 aliphatic heterocycles. The molecule has 0 fully saturated rings. The number of carbonyl (C=O) groups excluding carboxylic acids is 2. The van der Waals surface area contributed by atoms with Crippen LogP contribution in [0, 0.1) is 5.41 Å². The van der Waals surface area contributed by atoms with E-state index in [-0.39, 0.29) is 18.4 Å². The smallest absolute Gasteiger partial charge is 0.239 e. The fourth-order valence-corrected chi connectivity index (χ4v) is 0.738. The zero-order chi connectivity index (χ0) is 12.1. The number of hydrogen-bond acceptors (Lipinski definition) is 2. The molecule has 0 unspecified atom stereocenters. The first kappa shape index (κ1) is 13.7. The number of carbonyl (C=O) groups is 2. The van der Waals surface area contributed by atoms with Crippen molar-refractivity contribution in [1.29, 1.82) is 0 Å². The molecule has 0 bridgehead atoms. The zero-order valence-corrected chi connectivity index (χ0v) is 9.94. The SMILES string of the molecule is C=C(C)CNC(=O)CNC(=O)C(C)(C)C. The fourth-order valence-electron chi connectivity index (χ4n) is 0.738. The van der Waals surface area contributed by atoms with E-state index in [4.69, 9.17) is 0 Å². The predicted octanol–water partition coefficient (Wildman–Crippen LogP) is 0.841. The van der Waals surface area contributed by atoms with Gasteiger partial charge in [-0.15, -0.1) is 0 Å². The van der Waals surface area contributed by atoms with Gasteiger partial charge in [0.15, 0.2) is 0 Å². The Morgan fingerprint density at radius 3 is 2.07 bits per heavy atom. The van der Waals surface area contributed by atoms with Gasteiger partial charge in [0.1, 0.15) is 0 Å². The van der Waals surface area contributed by atoms with Crippen molar-refractivity contribution in [2.75, 3.05) is 13.1 Å². The molecule has 0 saturated carbocycles. The van der Waals surface area contributed by atoms with Gasteiger partial charge in [-0.05, 0) is 6.92 Å². The van der Waals surface area contributed by atoms with Crippen molar-refractivity contribution in [3.8, 4) is 0 Å². The quantitative estimate of drug-likeness (QED) is 0.678. The molecule has 0 heterocycles. The molecule has 0 aromatic heterocycles. The lowest BCUT2D eigenvalue weighted by Crippen LogP contribution is -2.41. The average molecular weight is 212 g/mol. The topological polar surface area (TPSA) is 58.2 Å². The summed E-state index contributed by atoms with van der Waals surface area (Å²) >= 11 is 0. The van der Waals surface area contributed by atoms with E-state index in [1.807, 2.05) is 6.92 Å². The van der Waals surface area contributed by atoms with Crippen LogP contribution in [-0.4, -0.2) is 24.9 Å². The van der Waals surface area contributed by atoms with E-state index in [9.17, 15) is 9.59 Å². The van der Waals surface area contributed by atoms with Crippen LogP contribution in [0.2, 0.25) is 0 Å². The Morgan fingerprint density at radius 2 is 1.67 bits per heavy atom. The lowest BCUT2D eigenvalue weighted by Gasteiger charge is -2.17. The van der Waals surface area contributed by atoms with Gasteiger partial charge in [0.05, 0.1) is 6.54 Å². The Kier molecular flexibility index (Phi) is 5.05. The highest BCUT2D eigenvalue weighted by Gasteiger charge is 2.21. The van der Waals surface area contributed by atoms with E-state index in [1.54, 1.807) is 20.8 Å². The van der Waals surface area contributed by atoms with Crippen LogP contribution in [0.1, 0.15) is 27.7 Å². The number of hydrogen-bond donors (Lipinski definition) is 2. The summed E-state index contributed by atoms with van der Waals surface area (Å²) < 4.78 is 0. The third-order valence-corrected chi connectivity index (χ3v) is 1.68. The molecule has 0 rings (SSSR count). The van der Waals surface area contributed by atoms with Gasteiger partial charge in [0.25, 0.3) is 0 Å². The second kappa shape index (κ2) is 5.53. The van der Waals surface area contributed by atoms with Crippen LogP contribution in [0.5, 0.6) is 0 Å². The summed E-state index contributed by atoms with van der Waals surface area (Å²) in [4.78, 5) is 22.6. The maximum absolute atomic E-state index is 11.4. The first-order valence-electron chi connectivity index (χ1n) is 4.93. The molecule has 0 spiro atoms.